The first-order chi connectivity index (χ1) is 8.60. The molecule has 1 saturated heterocycles. The molecule has 2 rings (SSSR count). The van der Waals surface area contributed by atoms with Crippen LogP contribution in [0.25, 0.3) is 0 Å². The molecule has 2 heterocycles. The maximum Gasteiger partial charge on any atom is 0.246 e. The van der Waals surface area contributed by atoms with E-state index in [9.17, 15) is 9.59 Å². The van der Waals surface area contributed by atoms with Crippen molar-refractivity contribution in [1.82, 2.24) is 30.4 Å². The fraction of sp³-hybridized carbons (Fsp3) is 0.700. The summed E-state index contributed by atoms with van der Waals surface area (Å²) in [7, 11) is 1.65. The Morgan fingerprint density at radius 3 is 2.83 bits per heavy atom. The third-order valence-corrected chi connectivity index (χ3v) is 2.74. The molecule has 1 unspecified atom stereocenters. The number of carbonyl (C=O) groups is 2. The quantitative estimate of drug-likeness (QED) is 0.729. The first-order valence-corrected chi connectivity index (χ1v) is 5.91. The second kappa shape index (κ2) is 5.11. The van der Waals surface area contributed by atoms with Crippen LogP contribution in [0, 0.1) is 0 Å². The number of hydrogen-bond donors (Lipinski definition) is 1. The summed E-state index contributed by atoms with van der Waals surface area (Å²) in [5, 5.41) is 14.2. The molecular weight excluding hydrogens is 236 g/mol. The molecule has 1 aliphatic heterocycles. The number of tetrazole rings is 1. The maximum atomic E-state index is 12.1. The van der Waals surface area contributed by atoms with E-state index in [1.54, 1.807) is 7.05 Å². The molecule has 0 aromatic carbocycles. The van der Waals surface area contributed by atoms with Gasteiger partial charge in [0.25, 0.3) is 0 Å². The largest absolute Gasteiger partial charge is 0.343 e. The number of aryl methyl sites for hydroxylation is 1. The summed E-state index contributed by atoms with van der Waals surface area (Å²) in [6, 6.07) is -0.423. The Kier molecular flexibility index (Phi) is 3.54. The van der Waals surface area contributed by atoms with Crippen LogP contribution in [-0.2, 0) is 23.2 Å². The lowest BCUT2D eigenvalue weighted by atomic mass is 10.1. The van der Waals surface area contributed by atoms with E-state index in [2.05, 4.69) is 20.7 Å². The molecule has 0 spiro atoms. The molecule has 1 aromatic rings. The maximum absolute atomic E-state index is 12.1. The fourth-order valence-corrected chi connectivity index (χ4v) is 1.95. The number of amides is 2. The molecule has 2 amide bonds. The molecule has 1 atom stereocenters. The summed E-state index contributed by atoms with van der Waals surface area (Å²) < 4.78 is 0. The van der Waals surface area contributed by atoms with Crippen molar-refractivity contribution in [3.8, 4) is 0 Å². The first-order valence-electron chi connectivity index (χ1n) is 5.91. The number of aromatic nitrogens is 4. The van der Waals surface area contributed by atoms with Gasteiger partial charge in [-0.1, -0.05) is 13.3 Å². The predicted octanol–water partition coefficient (Wildman–Crippen LogP) is -1.16. The first kappa shape index (κ1) is 12.5. The molecule has 0 saturated carbocycles. The van der Waals surface area contributed by atoms with Gasteiger partial charge in [-0.05, 0) is 11.6 Å². The summed E-state index contributed by atoms with van der Waals surface area (Å²) in [5.41, 5.74) is 0. The summed E-state index contributed by atoms with van der Waals surface area (Å²) in [6.07, 6.45) is 1.49. The zero-order chi connectivity index (χ0) is 13.1. The van der Waals surface area contributed by atoms with Crippen LogP contribution in [0.5, 0.6) is 0 Å². The van der Waals surface area contributed by atoms with Gasteiger partial charge in [0.15, 0.2) is 5.82 Å². The van der Waals surface area contributed by atoms with Gasteiger partial charge in [0, 0.05) is 0 Å². The topological polar surface area (TPSA) is 93.0 Å². The van der Waals surface area contributed by atoms with E-state index in [4.69, 9.17) is 0 Å². The molecule has 8 heteroatoms. The molecule has 1 fully saturated rings. The van der Waals surface area contributed by atoms with E-state index in [0.29, 0.717) is 12.2 Å². The minimum atomic E-state index is -0.423. The van der Waals surface area contributed by atoms with Crippen LogP contribution in [0.3, 0.4) is 0 Å². The third kappa shape index (κ3) is 2.63. The highest BCUT2D eigenvalue weighted by Crippen LogP contribution is 2.09. The van der Waals surface area contributed by atoms with Crippen molar-refractivity contribution in [3.05, 3.63) is 5.82 Å². The van der Waals surface area contributed by atoms with Crippen molar-refractivity contribution in [2.24, 2.45) is 7.05 Å². The molecule has 0 aliphatic carbocycles. The van der Waals surface area contributed by atoms with Gasteiger partial charge in [0.1, 0.15) is 12.6 Å². The van der Waals surface area contributed by atoms with E-state index < -0.39 is 6.04 Å². The lowest BCUT2D eigenvalue weighted by molar-refractivity contribution is -0.145. The lowest BCUT2D eigenvalue weighted by Gasteiger charge is -2.31. The fourth-order valence-electron chi connectivity index (χ4n) is 1.95. The van der Waals surface area contributed by atoms with Gasteiger partial charge in [-0.2, -0.15) is 4.80 Å². The molecule has 8 nitrogen and oxygen atoms in total. The Balaban J connectivity index is 2.06. The Morgan fingerprint density at radius 1 is 1.44 bits per heavy atom. The van der Waals surface area contributed by atoms with Gasteiger partial charge >= 0.3 is 0 Å². The monoisotopic (exact) mass is 252 g/mol. The standard InChI is InChI=1S/C10H16N6O2/c1-3-4-7-10(18)16(6-9(17)11-7)5-8-12-14-15(2)13-8/h7H,3-6H2,1-2H3,(H,11,17). The molecule has 18 heavy (non-hydrogen) atoms. The highest BCUT2D eigenvalue weighted by molar-refractivity contribution is 5.94. The van der Waals surface area contributed by atoms with E-state index in [1.165, 1.54) is 9.70 Å². The van der Waals surface area contributed by atoms with E-state index in [1.807, 2.05) is 6.92 Å². The molecule has 98 valence electrons. The van der Waals surface area contributed by atoms with Gasteiger partial charge in [-0.3, -0.25) is 9.59 Å². The number of nitrogens with zero attached hydrogens (tertiary/aromatic N) is 5. The van der Waals surface area contributed by atoms with Gasteiger partial charge in [-0.15, -0.1) is 10.2 Å². The normalized spacial score (nSPS) is 20.1. The number of carbonyl (C=O) groups excluding carboxylic acids is 2. The van der Waals surface area contributed by atoms with Gasteiger partial charge in [-0.25, -0.2) is 0 Å². The SMILES string of the molecule is CCCC1NC(=O)CN(Cc2nnn(C)n2)C1=O. The second-order valence-corrected chi connectivity index (χ2v) is 4.30. The minimum Gasteiger partial charge on any atom is -0.343 e. The minimum absolute atomic E-state index is 0.0529. The summed E-state index contributed by atoms with van der Waals surface area (Å²) in [4.78, 5) is 26.4. The molecule has 0 bridgehead atoms. The Morgan fingerprint density at radius 2 is 2.22 bits per heavy atom. The smallest absolute Gasteiger partial charge is 0.246 e. The highest BCUT2D eigenvalue weighted by atomic mass is 16.2. The van der Waals surface area contributed by atoms with Crippen LogP contribution in [0.2, 0.25) is 0 Å². The van der Waals surface area contributed by atoms with Crippen molar-refractivity contribution >= 4 is 11.8 Å². The van der Waals surface area contributed by atoms with Crippen molar-refractivity contribution in [1.29, 1.82) is 0 Å². The van der Waals surface area contributed by atoms with Crippen molar-refractivity contribution in [2.75, 3.05) is 6.54 Å². The van der Waals surface area contributed by atoms with E-state index in [0.717, 1.165) is 6.42 Å². The Hall–Kier alpha value is -1.99. The summed E-state index contributed by atoms with van der Waals surface area (Å²) in [6.45, 7) is 2.25. The van der Waals surface area contributed by atoms with Crippen molar-refractivity contribution in [3.63, 3.8) is 0 Å². The predicted molar refractivity (Wildman–Crippen MR) is 61.1 cm³/mol. The highest BCUT2D eigenvalue weighted by Gasteiger charge is 2.32. The molecule has 1 aliphatic rings. The van der Waals surface area contributed by atoms with Crippen molar-refractivity contribution in [2.45, 2.75) is 32.4 Å². The zero-order valence-corrected chi connectivity index (χ0v) is 10.5. The zero-order valence-electron chi connectivity index (χ0n) is 10.5. The molecule has 1 aromatic heterocycles. The van der Waals surface area contributed by atoms with E-state index in [-0.39, 0.29) is 24.9 Å². The van der Waals surface area contributed by atoms with Gasteiger partial charge < -0.3 is 10.2 Å². The Bertz CT molecular complexity index is 457. The van der Waals surface area contributed by atoms with E-state index >= 15 is 0 Å². The van der Waals surface area contributed by atoms with Crippen LogP contribution in [0.4, 0.5) is 0 Å². The summed E-state index contributed by atoms with van der Waals surface area (Å²) in [5.74, 6) is 0.219. The average Bonchev–Trinajstić information content (AvgIpc) is 2.71. The molecule has 1 N–H and O–H groups in total. The number of nitrogens with one attached hydrogen (secondary N) is 1. The molecular formula is C10H16N6O2. The summed E-state index contributed by atoms with van der Waals surface area (Å²) >= 11 is 0. The lowest BCUT2D eigenvalue weighted by Crippen LogP contribution is -2.57. The average molecular weight is 252 g/mol. The Labute approximate surface area is 104 Å². The molecule has 0 radical (unpaired) electrons. The van der Waals surface area contributed by atoms with Crippen LogP contribution in [0.15, 0.2) is 0 Å². The number of hydrogen-bond acceptors (Lipinski definition) is 5. The second-order valence-electron chi connectivity index (χ2n) is 4.30. The number of rotatable bonds is 4. The van der Waals surface area contributed by atoms with Gasteiger partial charge in [0.2, 0.25) is 11.8 Å². The third-order valence-electron chi connectivity index (χ3n) is 2.74. The van der Waals surface area contributed by atoms with Crippen LogP contribution in [0.1, 0.15) is 25.6 Å². The van der Waals surface area contributed by atoms with Crippen molar-refractivity contribution < 1.29 is 9.59 Å². The van der Waals surface area contributed by atoms with Crippen LogP contribution < -0.4 is 5.32 Å². The van der Waals surface area contributed by atoms with Crippen LogP contribution in [-0.4, -0.2) is 49.5 Å². The van der Waals surface area contributed by atoms with Gasteiger partial charge in [0.05, 0.1) is 13.6 Å². The van der Waals surface area contributed by atoms with Crippen LogP contribution >= 0.6 is 0 Å². The number of piperazine rings is 1.